The van der Waals surface area contributed by atoms with Crippen LogP contribution in [-0.2, 0) is 0 Å². The molecule has 0 N–H and O–H groups in total. The van der Waals surface area contributed by atoms with E-state index in [-0.39, 0.29) is 0 Å². The fraction of sp³-hybridized carbons (Fsp3) is 0.0625. The van der Waals surface area contributed by atoms with Gasteiger partial charge in [0.15, 0.2) is 0 Å². The number of pyridine rings is 2. The van der Waals surface area contributed by atoms with Crippen LogP contribution in [0.3, 0.4) is 0 Å². The van der Waals surface area contributed by atoms with E-state index in [1.54, 1.807) is 22.7 Å². The Kier molecular flexibility index (Phi) is 5.57. The third-order valence-corrected chi connectivity index (χ3v) is 8.71. The van der Waals surface area contributed by atoms with Crippen molar-refractivity contribution in [2.75, 3.05) is 0 Å². The second kappa shape index (κ2) is 9.24. The lowest BCUT2D eigenvalue weighted by Gasteiger charge is -2.17. The van der Waals surface area contributed by atoms with Crippen molar-refractivity contribution in [3.63, 3.8) is 0 Å². The molecule has 4 heterocycles. The zero-order valence-electron chi connectivity index (χ0n) is 20.8. The van der Waals surface area contributed by atoms with Crippen molar-refractivity contribution in [2.24, 2.45) is 0 Å². The Labute approximate surface area is 228 Å². The van der Waals surface area contributed by atoms with E-state index in [1.807, 2.05) is 38.6 Å². The molecule has 0 saturated carbocycles. The molecule has 0 saturated heterocycles. The molecule has 38 heavy (non-hydrogen) atoms. The zero-order valence-corrected chi connectivity index (χ0v) is 22.5. The number of fused-ring (bicyclic) bond motifs is 2. The third-order valence-electron chi connectivity index (χ3n) is 6.78. The maximum Gasteiger partial charge on any atom is 0.0900 e. The molecule has 6 heteroatoms. The van der Waals surface area contributed by atoms with Crippen LogP contribution >= 0.6 is 22.7 Å². The van der Waals surface area contributed by atoms with Gasteiger partial charge in [0.2, 0.25) is 0 Å². The van der Waals surface area contributed by atoms with Gasteiger partial charge >= 0.3 is 0 Å². The molecule has 0 atom stereocenters. The number of benzene rings is 3. The van der Waals surface area contributed by atoms with Gasteiger partial charge in [-0.2, -0.15) is 0 Å². The summed E-state index contributed by atoms with van der Waals surface area (Å²) in [6, 6.07) is 25.7. The Bertz CT molecular complexity index is 1730. The molecule has 0 bridgehead atoms. The Balaban J connectivity index is 1.42. The minimum Gasteiger partial charge on any atom is -0.256 e. The molecule has 0 aliphatic heterocycles. The van der Waals surface area contributed by atoms with Crippen LogP contribution in [0.2, 0.25) is 0 Å². The molecule has 0 spiro atoms. The van der Waals surface area contributed by atoms with Gasteiger partial charge in [0.05, 0.1) is 31.2 Å². The van der Waals surface area contributed by atoms with Crippen LogP contribution in [0.5, 0.6) is 0 Å². The Hall–Kier alpha value is -4.26. The smallest absolute Gasteiger partial charge is 0.0900 e. The monoisotopic (exact) mass is 526 g/mol. The predicted molar refractivity (Wildman–Crippen MR) is 160 cm³/mol. The summed E-state index contributed by atoms with van der Waals surface area (Å²) in [4.78, 5) is 21.0. The van der Waals surface area contributed by atoms with E-state index in [9.17, 15) is 0 Å². The van der Waals surface area contributed by atoms with Gasteiger partial charge in [-0.1, -0.05) is 48.5 Å². The van der Waals surface area contributed by atoms with Crippen LogP contribution in [0.15, 0.2) is 97.6 Å². The fourth-order valence-electron chi connectivity index (χ4n) is 5.04. The summed E-state index contributed by atoms with van der Waals surface area (Å²) < 4.78 is 0. The van der Waals surface area contributed by atoms with Crippen molar-refractivity contribution >= 4 is 44.2 Å². The van der Waals surface area contributed by atoms with Gasteiger partial charge in [-0.15, -0.1) is 22.7 Å². The van der Waals surface area contributed by atoms with Gasteiger partial charge in [0.25, 0.3) is 0 Å². The molecule has 7 aromatic rings. The van der Waals surface area contributed by atoms with E-state index in [0.717, 1.165) is 53.4 Å². The summed E-state index contributed by atoms with van der Waals surface area (Å²) in [6.45, 7) is 4.05. The number of aryl methyl sites for hydroxylation is 2. The van der Waals surface area contributed by atoms with E-state index in [0.29, 0.717) is 0 Å². The van der Waals surface area contributed by atoms with Crippen LogP contribution in [-0.4, -0.2) is 19.9 Å². The maximum atomic E-state index is 4.94. The lowest BCUT2D eigenvalue weighted by atomic mass is 9.88. The van der Waals surface area contributed by atoms with Crippen molar-refractivity contribution in [3.05, 3.63) is 108 Å². The number of thiazole rings is 2. The Morgan fingerprint density at radius 2 is 0.842 bits per heavy atom. The van der Waals surface area contributed by atoms with E-state index < -0.39 is 0 Å². The first-order valence-corrected chi connectivity index (χ1v) is 14.0. The largest absolute Gasteiger partial charge is 0.256 e. The molecular weight excluding hydrogens is 505 g/mol. The first-order chi connectivity index (χ1) is 18.7. The molecule has 3 aromatic carbocycles. The summed E-state index contributed by atoms with van der Waals surface area (Å²) in [5.74, 6) is 0. The fourth-order valence-corrected chi connectivity index (χ4v) is 6.58. The van der Waals surface area contributed by atoms with Crippen LogP contribution in [0, 0.1) is 13.8 Å². The van der Waals surface area contributed by atoms with Crippen LogP contribution in [0.25, 0.3) is 64.9 Å². The highest BCUT2D eigenvalue weighted by Crippen LogP contribution is 2.43. The first-order valence-electron chi connectivity index (χ1n) is 12.4. The second-order valence-corrected chi connectivity index (χ2v) is 11.7. The summed E-state index contributed by atoms with van der Waals surface area (Å²) in [7, 11) is 0. The lowest BCUT2D eigenvalue weighted by Crippen LogP contribution is -1.93. The quantitative estimate of drug-likeness (QED) is 0.215. The molecule has 0 radical (unpaired) electrons. The number of aromatic nitrogens is 4. The Morgan fingerprint density at radius 3 is 1.13 bits per heavy atom. The molecular formula is C32H22N4S2. The minimum absolute atomic E-state index is 0.956. The summed E-state index contributed by atoms with van der Waals surface area (Å²) in [5, 5.41) is 6.78. The molecule has 0 fully saturated rings. The standard InChI is InChI=1S/C32H22N4S2/c1-19-33-17-29(37-19)21-11-13-27(35-15-21)31-23-7-3-5-9-25(23)32(26-10-6-4-8-24(26)31)28-14-12-22(16-36-28)30-18-34-20(2)38-30/h3-18H,1-2H3. The molecule has 0 aliphatic carbocycles. The van der Waals surface area contributed by atoms with Gasteiger partial charge in [0.1, 0.15) is 0 Å². The summed E-state index contributed by atoms with van der Waals surface area (Å²) in [6.07, 6.45) is 7.76. The molecule has 0 aliphatic rings. The van der Waals surface area contributed by atoms with Gasteiger partial charge in [-0.3, -0.25) is 9.97 Å². The number of rotatable bonds is 4. The summed E-state index contributed by atoms with van der Waals surface area (Å²) >= 11 is 3.37. The lowest BCUT2D eigenvalue weighted by molar-refractivity contribution is 1.29. The molecule has 0 unspecified atom stereocenters. The zero-order chi connectivity index (χ0) is 25.6. The van der Waals surface area contributed by atoms with Gasteiger partial charge in [0, 0.05) is 47.0 Å². The van der Waals surface area contributed by atoms with Gasteiger partial charge in [-0.05, 0) is 59.7 Å². The molecule has 4 nitrogen and oxygen atoms in total. The van der Waals surface area contributed by atoms with Crippen molar-refractivity contribution in [1.82, 2.24) is 19.9 Å². The average Bonchev–Trinajstić information content (AvgIpc) is 3.60. The third kappa shape index (κ3) is 3.90. The van der Waals surface area contributed by atoms with E-state index in [4.69, 9.17) is 9.97 Å². The van der Waals surface area contributed by atoms with E-state index in [2.05, 4.69) is 82.8 Å². The van der Waals surface area contributed by atoms with Crippen molar-refractivity contribution in [3.8, 4) is 43.4 Å². The first kappa shape index (κ1) is 22.9. The second-order valence-electron chi connectivity index (χ2n) is 9.19. The summed E-state index contributed by atoms with van der Waals surface area (Å²) in [5.41, 5.74) is 6.37. The molecule has 182 valence electrons. The van der Waals surface area contributed by atoms with Crippen LogP contribution in [0.1, 0.15) is 10.0 Å². The highest BCUT2D eigenvalue weighted by atomic mass is 32.1. The normalized spacial score (nSPS) is 11.4. The predicted octanol–water partition coefficient (Wildman–Crippen LogP) is 8.98. The molecule has 7 rings (SSSR count). The highest BCUT2D eigenvalue weighted by molar-refractivity contribution is 7.15. The number of hydrogen-bond donors (Lipinski definition) is 0. The highest BCUT2D eigenvalue weighted by Gasteiger charge is 2.18. The minimum atomic E-state index is 0.956. The molecule has 4 aromatic heterocycles. The Morgan fingerprint density at radius 1 is 0.447 bits per heavy atom. The van der Waals surface area contributed by atoms with Crippen LogP contribution in [0.4, 0.5) is 0 Å². The maximum absolute atomic E-state index is 4.94. The van der Waals surface area contributed by atoms with Crippen molar-refractivity contribution in [2.45, 2.75) is 13.8 Å². The van der Waals surface area contributed by atoms with E-state index >= 15 is 0 Å². The topological polar surface area (TPSA) is 51.6 Å². The molecule has 0 amide bonds. The van der Waals surface area contributed by atoms with Crippen molar-refractivity contribution in [1.29, 1.82) is 0 Å². The SMILES string of the molecule is Cc1ncc(-c2ccc(-c3c4ccccc4c(-c4ccc(-c5cnc(C)s5)cn4)c4ccccc34)nc2)s1. The number of hydrogen-bond acceptors (Lipinski definition) is 6. The van der Waals surface area contributed by atoms with Gasteiger partial charge < -0.3 is 0 Å². The van der Waals surface area contributed by atoms with Crippen LogP contribution < -0.4 is 0 Å². The van der Waals surface area contributed by atoms with Gasteiger partial charge in [-0.25, -0.2) is 9.97 Å². The number of nitrogens with zero attached hydrogens (tertiary/aromatic N) is 4. The van der Waals surface area contributed by atoms with Crippen molar-refractivity contribution < 1.29 is 0 Å². The van der Waals surface area contributed by atoms with E-state index in [1.165, 1.54) is 21.5 Å². The average molecular weight is 527 g/mol.